The van der Waals surface area contributed by atoms with Crippen molar-refractivity contribution in [3.05, 3.63) is 11.6 Å². The third-order valence-electron chi connectivity index (χ3n) is 9.59. The molecule has 0 aromatic heterocycles. The van der Waals surface area contributed by atoms with Crippen molar-refractivity contribution < 1.29 is 24.6 Å². The SMILES string of the molecule is CO[C@]1(/C(C)=N\O)[C@H](O)C[C@@H]2[C@@H]3CC=C4C[C@@H](OC(C)=O)CC[C@]4(C)[C@@H]3CC[C@@]21C. The maximum Gasteiger partial charge on any atom is 0.302 e. The number of carbonyl (C=O) groups is 1. The quantitative estimate of drug-likeness (QED) is 0.236. The number of allylic oxidation sites excluding steroid dienone is 1. The molecule has 0 spiro atoms. The zero-order chi connectivity index (χ0) is 21.9. The van der Waals surface area contributed by atoms with E-state index in [1.165, 1.54) is 12.5 Å². The van der Waals surface area contributed by atoms with Crippen molar-refractivity contribution in [1.82, 2.24) is 0 Å². The molecule has 6 heteroatoms. The summed E-state index contributed by atoms with van der Waals surface area (Å²) < 4.78 is 11.5. The maximum atomic E-state index is 11.4. The molecule has 6 nitrogen and oxygen atoms in total. The Balaban J connectivity index is 1.66. The number of hydrogen-bond acceptors (Lipinski definition) is 6. The third-order valence-corrected chi connectivity index (χ3v) is 9.59. The van der Waals surface area contributed by atoms with E-state index in [9.17, 15) is 15.1 Å². The molecule has 0 saturated heterocycles. The molecule has 0 amide bonds. The lowest BCUT2D eigenvalue weighted by Crippen LogP contribution is -2.60. The molecule has 0 aromatic rings. The Bertz CT molecular complexity index is 778. The summed E-state index contributed by atoms with van der Waals surface area (Å²) >= 11 is 0. The van der Waals surface area contributed by atoms with E-state index in [1.807, 2.05) is 0 Å². The lowest BCUT2D eigenvalue weighted by Gasteiger charge is -2.59. The van der Waals surface area contributed by atoms with Crippen LogP contribution in [0.25, 0.3) is 0 Å². The van der Waals surface area contributed by atoms with E-state index < -0.39 is 11.7 Å². The Hall–Kier alpha value is -1.40. The van der Waals surface area contributed by atoms with Gasteiger partial charge in [0.1, 0.15) is 11.7 Å². The summed E-state index contributed by atoms with van der Waals surface area (Å²) in [5, 5.41) is 24.2. The summed E-state index contributed by atoms with van der Waals surface area (Å²) in [6.45, 7) is 7.88. The van der Waals surface area contributed by atoms with Crippen LogP contribution >= 0.6 is 0 Å². The van der Waals surface area contributed by atoms with Gasteiger partial charge in [0.2, 0.25) is 0 Å². The van der Waals surface area contributed by atoms with Gasteiger partial charge < -0.3 is 19.8 Å². The van der Waals surface area contributed by atoms with Crippen molar-refractivity contribution in [2.24, 2.45) is 33.7 Å². The van der Waals surface area contributed by atoms with Gasteiger partial charge in [-0.3, -0.25) is 4.79 Å². The van der Waals surface area contributed by atoms with Crippen LogP contribution in [-0.4, -0.2) is 46.9 Å². The molecule has 0 heterocycles. The Kier molecular flexibility index (Phi) is 5.33. The molecule has 0 aliphatic heterocycles. The second-order valence-electron chi connectivity index (χ2n) is 10.6. The van der Waals surface area contributed by atoms with Crippen LogP contribution in [0.15, 0.2) is 16.8 Å². The summed E-state index contributed by atoms with van der Waals surface area (Å²) in [5.41, 5.74) is 0.852. The first kappa shape index (κ1) is 21.8. The van der Waals surface area contributed by atoms with E-state index in [0.717, 1.165) is 38.5 Å². The van der Waals surface area contributed by atoms with Crippen molar-refractivity contribution in [2.75, 3.05) is 7.11 Å². The predicted molar refractivity (Wildman–Crippen MR) is 113 cm³/mol. The number of aliphatic hydroxyl groups is 1. The first-order valence-corrected chi connectivity index (χ1v) is 11.4. The summed E-state index contributed by atoms with van der Waals surface area (Å²) in [4.78, 5) is 11.4. The highest BCUT2D eigenvalue weighted by atomic mass is 16.5. The Morgan fingerprint density at radius 1 is 1.20 bits per heavy atom. The smallest absolute Gasteiger partial charge is 0.302 e. The van der Waals surface area contributed by atoms with Crippen molar-refractivity contribution in [2.45, 2.75) is 90.4 Å². The fourth-order valence-electron chi connectivity index (χ4n) is 8.21. The summed E-state index contributed by atoms with van der Waals surface area (Å²) in [6.07, 6.45) is 8.20. The minimum absolute atomic E-state index is 0.00471. The van der Waals surface area contributed by atoms with Crippen LogP contribution in [0.4, 0.5) is 0 Å². The molecule has 4 rings (SSSR count). The molecular weight excluding hydrogens is 382 g/mol. The zero-order valence-electron chi connectivity index (χ0n) is 19.0. The molecular formula is C24H37NO5. The maximum absolute atomic E-state index is 11.4. The molecule has 30 heavy (non-hydrogen) atoms. The number of aliphatic hydroxyl groups excluding tert-OH is 1. The molecule has 2 N–H and O–H groups in total. The lowest BCUT2D eigenvalue weighted by molar-refractivity contribution is -0.149. The van der Waals surface area contributed by atoms with Crippen molar-refractivity contribution in [3.8, 4) is 0 Å². The number of esters is 1. The average molecular weight is 420 g/mol. The summed E-state index contributed by atoms with van der Waals surface area (Å²) in [7, 11) is 1.63. The molecule has 8 atom stereocenters. The average Bonchev–Trinajstić information content (AvgIpc) is 2.94. The van der Waals surface area contributed by atoms with Gasteiger partial charge in [0, 0.05) is 25.9 Å². The van der Waals surface area contributed by atoms with Gasteiger partial charge in [-0.25, -0.2) is 0 Å². The van der Waals surface area contributed by atoms with Gasteiger partial charge >= 0.3 is 5.97 Å². The summed E-state index contributed by atoms with van der Waals surface area (Å²) in [5.74, 6) is 1.15. The van der Waals surface area contributed by atoms with E-state index in [2.05, 4.69) is 25.1 Å². The third kappa shape index (κ3) is 2.75. The molecule has 0 aromatic carbocycles. The normalized spacial score (nSPS) is 48.3. The van der Waals surface area contributed by atoms with Gasteiger partial charge in [0.15, 0.2) is 0 Å². The topological polar surface area (TPSA) is 88.3 Å². The number of nitrogens with zero attached hydrogens (tertiary/aromatic N) is 1. The standard InChI is InChI=1S/C24H37NO5/c1-14(25-28)24(29-5)21(27)13-20-18-7-6-16-12-17(30-15(2)26)8-10-22(16,3)19(18)9-11-23(20,24)4/h6,17-21,27-28H,7-13H2,1-5H3/b25-14-/t17-,18+,19+,20+,21+,22-,23-,24+/m0/s1. The van der Waals surface area contributed by atoms with Crippen LogP contribution in [0.5, 0.6) is 0 Å². The van der Waals surface area contributed by atoms with E-state index >= 15 is 0 Å². The van der Waals surface area contributed by atoms with Crippen LogP contribution in [0.2, 0.25) is 0 Å². The van der Waals surface area contributed by atoms with E-state index in [0.29, 0.717) is 29.9 Å². The van der Waals surface area contributed by atoms with Crippen LogP contribution < -0.4 is 0 Å². The van der Waals surface area contributed by atoms with Gasteiger partial charge in [-0.15, -0.1) is 0 Å². The van der Waals surface area contributed by atoms with E-state index in [1.54, 1.807) is 14.0 Å². The van der Waals surface area contributed by atoms with Gasteiger partial charge in [0.25, 0.3) is 0 Å². The molecule has 0 bridgehead atoms. The monoisotopic (exact) mass is 419 g/mol. The fraction of sp³-hybridized carbons (Fsp3) is 0.833. The Morgan fingerprint density at radius 3 is 2.57 bits per heavy atom. The second-order valence-corrected chi connectivity index (χ2v) is 10.6. The summed E-state index contributed by atoms with van der Waals surface area (Å²) in [6, 6.07) is 0. The van der Waals surface area contributed by atoms with Crippen LogP contribution in [0.3, 0.4) is 0 Å². The molecule has 3 saturated carbocycles. The number of rotatable bonds is 3. The van der Waals surface area contributed by atoms with E-state index in [4.69, 9.17) is 9.47 Å². The highest BCUT2D eigenvalue weighted by molar-refractivity contribution is 5.92. The predicted octanol–water partition coefficient (Wildman–Crippen LogP) is 4.09. The van der Waals surface area contributed by atoms with Crippen molar-refractivity contribution in [3.63, 3.8) is 0 Å². The number of fused-ring (bicyclic) bond motifs is 5. The second kappa shape index (κ2) is 7.33. The van der Waals surface area contributed by atoms with Gasteiger partial charge in [0.05, 0.1) is 11.8 Å². The number of ether oxygens (including phenoxy) is 2. The molecule has 4 aliphatic rings. The Labute approximate surface area is 179 Å². The largest absolute Gasteiger partial charge is 0.462 e. The lowest BCUT2D eigenvalue weighted by atomic mass is 9.46. The number of methoxy groups -OCH3 is 1. The van der Waals surface area contributed by atoms with Crippen molar-refractivity contribution >= 4 is 11.7 Å². The molecule has 0 radical (unpaired) electrons. The fourth-order valence-corrected chi connectivity index (χ4v) is 8.21. The highest BCUT2D eigenvalue weighted by Gasteiger charge is 2.69. The number of oxime groups is 1. The van der Waals surface area contributed by atoms with Gasteiger partial charge in [-0.1, -0.05) is 30.7 Å². The molecule has 3 fully saturated rings. The minimum atomic E-state index is -0.935. The Morgan fingerprint density at radius 2 is 1.93 bits per heavy atom. The number of carbonyl (C=O) groups excluding carboxylic acids is 1. The van der Waals surface area contributed by atoms with Crippen LogP contribution in [0, 0.1) is 28.6 Å². The molecule has 4 aliphatic carbocycles. The van der Waals surface area contributed by atoms with Gasteiger partial charge in [-0.2, -0.15) is 0 Å². The number of hydrogen-bond donors (Lipinski definition) is 2. The van der Waals surface area contributed by atoms with Crippen LogP contribution in [0.1, 0.15) is 72.6 Å². The first-order valence-electron chi connectivity index (χ1n) is 11.4. The minimum Gasteiger partial charge on any atom is -0.462 e. The van der Waals surface area contributed by atoms with Crippen LogP contribution in [-0.2, 0) is 14.3 Å². The zero-order valence-corrected chi connectivity index (χ0v) is 19.0. The van der Waals surface area contributed by atoms with E-state index in [-0.39, 0.29) is 22.9 Å². The molecule has 168 valence electrons. The highest BCUT2D eigenvalue weighted by Crippen LogP contribution is 2.68. The van der Waals surface area contributed by atoms with Crippen molar-refractivity contribution in [1.29, 1.82) is 0 Å². The first-order chi connectivity index (χ1) is 14.1. The van der Waals surface area contributed by atoms with Gasteiger partial charge in [-0.05, 0) is 68.6 Å². The molecule has 0 unspecified atom stereocenters.